The number of nitrogens with zero attached hydrogens (tertiary/aromatic N) is 1. The lowest BCUT2D eigenvalue weighted by molar-refractivity contribution is -0.384. The van der Waals surface area contributed by atoms with Crippen molar-refractivity contribution in [3.8, 4) is 17.6 Å². The average Bonchev–Trinajstić information content (AvgIpc) is 4.10. The molecule has 0 aromatic heterocycles. The van der Waals surface area contributed by atoms with Gasteiger partial charge in [0, 0.05) is 62.5 Å². The lowest BCUT2D eigenvalue weighted by Crippen LogP contribution is -2.58. The summed E-state index contributed by atoms with van der Waals surface area (Å²) in [6.45, 7) is 10.8. The number of nitro benzene ring substituents is 1. The molecule has 2 aromatic carbocycles. The predicted octanol–water partition coefficient (Wildman–Crippen LogP) is 3.94. The van der Waals surface area contributed by atoms with Gasteiger partial charge in [0.25, 0.3) is 5.69 Å². The molecule has 25 heteroatoms. The first-order chi connectivity index (χ1) is 38.2. The van der Waals surface area contributed by atoms with Gasteiger partial charge in [-0.05, 0) is 100 Å². The number of nitrogens with one attached hydrogen (secondary N) is 6. The van der Waals surface area contributed by atoms with Crippen molar-refractivity contribution in [3.05, 3.63) is 64.2 Å². The molecule has 2 aliphatic carbocycles. The van der Waals surface area contributed by atoms with Gasteiger partial charge in [-0.1, -0.05) is 26.0 Å². The van der Waals surface area contributed by atoms with Crippen molar-refractivity contribution in [1.29, 1.82) is 0 Å². The van der Waals surface area contributed by atoms with Crippen LogP contribution < -0.4 is 42.4 Å². The number of esters is 1. The fourth-order valence-corrected chi connectivity index (χ4v) is 8.41. The van der Waals surface area contributed by atoms with Crippen molar-refractivity contribution in [2.75, 3.05) is 71.3 Å². The van der Waals surface area contributed by atoms with E-state index in [-0.39, 0.29) is 88.3 Å². The van der Waals surface area contributed by atoms with Crippen LogP contribution in [-0.2, 0) is 63.8 Å². The summed E-state index contributed by atoms with van der Waals surface area (Å²) in [6, 6.07) is 6.52. The van der Waals surface area contributed by atoms with Crippen LogP contribution in [-0.4, -0.2) is 142 Å². The third-order valence-electron chi connectivity index (χ3n) is 12.5. The van der Waals surface area contributed by atoms with E-state index in [1.54, 1.807) is 46.8 Å². The van der Waals surface area contributed by atoms with E-state index in [2.05, 4.69) is 43.7 Å². The molecule has 0 radical (unpaired) electrons. The number of rotatable bonds is 35. The van der Waals surface area contributed by atoms with Gasteiger partial charge in [-0.15, -0.1) is 11.8 Å². The third-order valence-corrected chi connectivity index (χ3v) is 12.5. The van der Waals surface area contributed by atoms with E-state index < -0.39 is 76.4 Å². The monoisotopic (exact) mass is 1120 g/mol. The highest BCUT2D eigenvalue weighted by Gasteiger charge is 2.53. The lowest BCUT2D eigenvalue weighted by Gasteiger charge is -2.27. The number of benzene rings is 2. The minimum absolute atomic E-state index is 0.0150. The molecule has 0 aliphatic heterocycles. The number of anilines is 1. The molecule has 2 aromatic rings. The molecule has 2 aliphatic rings. The highest BCUT2D eigenvalue weighted by molar-refractivity contribution is 5.99. The number of nitrogens with two attached hydrogens (primary N) is 1. The summed E-state index contributed by atoms with van der Waals surface area (Å²) in [5.74, 6) is 3.58. The van der Waals surface area contributed by atoms with Crippen LogP contribution in [0.5, 0.6) is 5.75 Å². The summed E-state index contributed by atoms with van der Waals surface area (Å²) >= 11 is 0. The van der Waals surface area contributed by atoms with Gasteiger partial charge in [0.1, 0.15) is 36.1 Å². The fraction of sp³-hybridized carbons (Fsp3) is 0.600. The highest BCUT2D eigenvalue weighted by Crippen LogP contribution is 2.52. The van der Waals surface area contributed by atoms with E-state index in [1.807, 2.05) is 0 Å². The van der Waals surface area contributed by atoms with Crippen LogP contribution in [0, 0.1) is 45.6 Å². The molecular weight excluding hydrogens is 1040 g/mol. The number of amides is 7. The Hall–Kier alpha value is -7.40. The first-order valence-electron chi connectivity index (χ1n) is 26.9. The molecule has 25 nitrogen and oxygen atoms in total. The number of primary amides is 1. The van der Waals surface area contributed by atoms with Crippen LogP contribution in [0.15, 0.2) is 48.5 Å². The Balaban J connectivity index is 1.20. The van der Waals surface area contributed by atoms with E-state index in [0.29, 0.717) is 62.7 Å². The van der Waals surface area contributed by atoms with Crippen LogP contribution in [0.1, 0.15) is 98.0 Å². The number of urea groups is 1. The minimum Gasteiger partial charge on any atom is -0.460 e. The second-order valence-corrected chi connectivity index (χ2v) is 20.3. The highest BCUT2D eigenvalue weighted by atomic mass is 16.7. The molecule has 1 saturated carbocycles. The Bertz CT molecular complexity index is 2410. The normalized spacial score (nSPS) is 16.5. The first-order valence-corrected chi connectivity index (χ1v) is 26.9. The summed E-state index contributed by atoms with van der Waals surface area (Å²) < 4.78 is 37.8. The second kappa shape index (κ2) is 34.6. The molecular formula is C55H78N8O17. The van der Waals surface area contributed by atoms with Gasteiger partial charge in [0.2, 0.25) is 29.5 Å². The Kier molecular flexibility index (Phi) is 28.1. The van der Waals surface area contributed by atoms with Gasteiger partial charge in [-0.25, -0.2) is 9.59 Å². The molecule has 80 heavy (non-hydrogen) atoms. The number of non-ortho nitro benzene ring substituents is 1. The number of fused-ring (bicyclic) bond motifs is 1. The van der Waals surface area contributed by atoms with Crippen molar-refractivity contribution in [2.24, 2.45) is 29.4 Å². The van der Waals surface area contributed by atoms with Crippen LogP contribution in [0.3, 0.4) is 0 Å². The van der Waals surface area contributed by atoms with Crippen molar-refractivity contribution < 1.29 is 76.4 Å². The quantitative estimate of drug-likeness (QED) is 0.0128. The summed E-state index contributed by atoms with van der Waals surface area (Å²) in [7, 11) is 0. The number of ether oxygens (including phenoxy) is 7. The van der Waals surface area contributed by atoms with E-state index >= 15 is 0 Å². The summed E-state index contributed by atoms with van der Waals surface area (Å²) in [6.07, 6.45) is 2.31. The van der Waals surface area contributed by atoms with Gasteiger partial charge in [0.15, 0.2) is 0 Å². The number of carbonyl (C=O) groups is 8. The van der Waals surface area contributed by atoms with Crippen LogP contribution >= 0.6 is 0 Å². The standard InChI is InChI=1S/C55H78N8O17/c1-36(2)48(52(69)61-43(13-10-25-58-53(56)70)49(66)59-38-16-14-37(15-17-38)35-78-54(71)79-40-20-18-39(19-21-40)63(72)73)62-50(67)44(22-23-46(65)80-55(3,4)5)60-45(64)24-27-74-29-31-76-33-34-77-32-30-75-28-26-57-51(68)47-41-11-8-6-7-9-12-42(41)47/h14-21,36,41-44,47-48H,8-13,22-35H2,1-5H3,(H,57,68)(H,59,66)(H,60,64)(H,61,69)(H,62,67)(H3,56,58,70)/t41-,42+,43-,44-,47?,48-/m0/s1. The largest absolute Gasteiger partial charge is 0.514 e. The molecule has 1 unspecified atom stereocenters. The Morgan fingerprint density at radius 2 is 1.29 bits per heavy atom. The van der Waals surface area contributed by atoms with Gasteiger partial charge < -0.3 is 70.8 Å². The maximum absolute atomic E-state index is 14.0. The second-order valence-electron chi connectivity index (χ2n) is 20.3. The molecule has 0 bridgehead atoms. The minimum atomic E-state index is -1.28. The SMILES string of the molecule is CC(C)[C@H](NC(=O)[C@H](CCC(=O)OC(C)(C)C)NC(=O)CCOCCOCCOCCOCCNC(=O)C1[C@H]2CCC#CCC[C@@H]12)C(=O)N[C@@H](CCCNC(N)=O)C(=O)Nc1ccc(COC(=O)Oc2ccc([N+](=O)[O-])cc2)cc1. The lowest BCUT2D eigenvalue weighted by atomic mass is 10.0. The molecule has 440 valence electrons. The molecule has 1 fully saturated rings. The zero-order valence-electron chi connectivity index (χ0n) is 46.3. The van der Waals surface area contributed by atoms with E-state index in [1.165, 1.54) is 36.4 Å². The van der Waals surface area contributed by atoms with Crippen molar-refractivity contribution in [1.82, 2.24) is 26.6 Å². The summed E-state index contributed by atoms with van der Waals surface area (Å²) in [5.41, 5.74) is 5.03. The third kappa shape index (κ3) is 25.6. The Labute approximate surface area is 466 Å². The first kappa shape index (κ1) is 65.1. The van der Waals surface area contributed by atoms with E-state index in [0.717, 1.165) is 25.7 Å². The van der Waals surface area contributed by atoms with Crippen LogP contribution in [0.25, 0.3) is 0 Å². The zero-order chi connectivity index (χ0) is 58.5. The van der Waals surface area contributed by atoms with E-state index in [4.69, 9.17) is 38.9 Å². The molecule has 0 saturated heterocycles. The molecule has 7 amide bonds. The van der Waals surface area contributed by atoms with Crippen molar-refractivity contribution >= 4 is 59.1 Å². The molecule has 4 rings (SSSR count). The molecule has 8 N–H and O–H groups in total. The van der Waals surface area contributed by atoms with Crippen molar-refractivity contribution in [3.63, 3.8) is 0 Å². The number of carbonyl (C=O) groups excluding carboxylic acids is 8. The predicted molar refractivity (Wildman–Crippen MR) is 289 cm³/mol. The Morgan fingerprint density at radius 3 is 1.86 bits per heavy atom. The van der Waals surface area contributed by atoms with Gasteiger partial charge >= 0.3 is 18.2 Å². The number of nitro groups is 1. The smallest absolute Gasteiger partial charge is 0.460 e. The molecule has 6 atom stereocenters. The summed E-state index contributed by atoms with van der Waals surface area (Å²) in [4.78, 5) is 114. The molecule has 0 spiro atoms. The van der Waals surface area contributed by atoms with Crippen LogP contribution in [0.2, 0.25) is 0 Å². The molecule has 0 heterocycles. The number of hydrogen-bond acceptors (Lipinski definition) is 17. The van der Waals surface area contributed by atoms with E-state index in [9.17, 15) is 48.5 Å². The topological polar surface area (TPSA) is 343 Å². The maximum Gasteiger partial charge on any atom is 0.514 e. The van der Waals surface area contributed by atoms with Gasteiger partial charge in [0.05, 0.1) is 57.8 Å². The van der Waals surface area contributed by atoms with Crippen molar-refractivity contribution in [2.45, 2.75) is 123 Å². The maximum atomic E-state index is 14.0. The average molecular weight is 1120 g/mol. The van der Waals surface area contributed by atoms with Gasteiger partial charge in [-0.2, -0.15) is 0 Å². The summed E-state index contributed by atoms with van der Waals surface area (Å²) in [5, 5.41) is 27.0. The fourth-order valence-electron chi connectivity index (χ4n) is 8.41. The van der Waals surface area contributed by atoms with Crippen LogP contribution in [0.4, 0.5) is 21.0 Å². The van der Waals surface area contributed by atoms with Gasteiger partial charge in [-0.3, -0.25) is 38.9 Å². The number of hydrogen-bond donors (Lipinski definition) is 7. The Morgan fingerprint density at radius 1 is 0.700 bits per heavy atom. The zero-order valence-corrected chi connectivity index (χ0v) is 46.3.